The lowest BCUT2D eigenvalue weighted by atomic mass is 10.00. The Morgan fingerprint density at radius 3 is 2.63 bits per heavy atom. The Morgan fingerprint density at radius 2 is 1.93 bits per heavy atom. The van der Waals surface area contributed by atoms with E-state index in [9.17, 15) is 14.0 Å². The summed E-state index contributed by atoms with van der Waals surface area (Å²) in [5, 5.41) is 0. The molecule has 1 aromatic carbocycles. The Balaban J connectivity index is 1.59. The average molecular weight is 393 g/mol. The Morgan fingerprint density at radius 1 is 1.15 bits per heavy atom. The van der Waals surface area contributed by atoms with E-state index in [1.165, 1.54) is 25.0 Å². The number of carbonyl (C=O) groups is 2. The predicted molar refractivity (Wildman–Crippen MR) is 107 cm³/mol. The molecule has 0 aromatic heterocycles. The summed E-state index contributed by atoms with van der Waals surface area (Å²) < 4.78 is 13.5. The molecule has 0 atom stereocenters. The van der Waals surface area contributed by atoms with Crippen molar-refractivity contribution in [2.45, 2.75) is 56.7 Å². The van der Waals surface area contributed by atoms with Gasteiger partial charge in [-0.05, 0) is 37.5 Å². The number of hydrogen-bond acceptors (Lipinski definition) is 3. The molecule has 2 heterocycles. The van der Waals surface area contributed by atoms with Gasteiger partial charge in [0.15, 0.2) is 0 Å². The van der Waals surface area contributed by atoms with Gasteiger partial charge in [-0.1, -0.05) is 32.3 Å². The first-order valence-corrected chi connectivity index (χ1v) is 11.0. The van der Waals surface area contributed by atoms with E-state index in [1.54, 1.807) is 12.1 Å². The molecule has 1 spiro atoms. The summed E-state index contributed by atoms with van der Waals surface area (Å²) in [4.78, 5) is 29.0. The topological polar surface area (TPSA) is 40.6 Å². The summed E-state index contributed by atoms with van der Waals surface area (Å²) in [6.45, 7) is 4.26. The second-order valence-electron chi connectivity index (χ2n) is 7.45. The minimum Gasteiger partial charge on any atom is -0.342 e. The van der Waals surface area contributed by atoms with Gasteiger partial charge >= 0.3 is 0 Å². The highest BCUT2D eigenvalue weighted by atomic mass is 32.2. The quantitative estimate of drug-likeness (QED) is 0.678. The highest BCUT2D eigenvalue weighted by Crippen LogP contribution is 2.44. The molecule has 2 aliphatic rings. The summed E-state index contributed by atoms with van der Waals surface area (Å²) in [5.74, 6) is 0.655. The van der Waals surface area contributed by atoms with Crippen LogP contribution in [0.3, 0.4) is 0 Å². The van der Waals surface area contributed by atoms with Gasteiger partial charge in [0.05, 0.1) is 4.87 Å². The molecule has 1 aromatic rings. The molecule has 148 valence electrons. The molecule has 3 rings (SSSR count). The second kappa shape index (κ2) is 9.09. The summed E-state index contributed by atoms with van der Waals surface area (Å²) >= 11 is 1.81. The van der Waals surface area contributed by atoms with Crippen molar-refractivity contribution in [2.24, 2.45) is 0 Å². The van der Waals surface area contributed by atoms with Gasteiger partial charge in [-0.2, -0.15) is 0 Å². The third-order valence-electron chi connectivity index (χ3n) is 5.64. The maximum atomic E-state index is 13.5. The first kappa shape index (κ1) is 20.2. The van der Waals surface area contributed by atoms with Gasteiger partial charge in [-0.3, -0.25) is 9.59 Å². The van der Waals surface area contributed by atoms with E-state index in [4.69, 9.17) is 0 Å². The standard InChI is InChI=1S/C21H29FN2O2S/c1-2-3-4-5-9-19(25)23-12-10-21(11-13-23)24(14-15-27-21)20(26)17-7-6-8-18(22)16-17/h6-8,16H,2-5,9-15H2,1H3. The molecule has 2 amide bonds. The van der Waals surface area contributed by atoms with Crippen molar-refractivity contribution in [3.05, 3.63) is 35.6 Å². The number of amides is 2. The van der Waals surface area contributed by atoms with Crippen LogP contribution in [0, 0.1) is 5.82 Å². The molecule has 0 bridgehead atoms. The van der Waals surface area contributed by atoms with Gasteiger partial charge < -0.3 is 9.80 Å². The molecule has 0 aliphatic carbocycles. The van der Waals surface area contributed by atoms with Crippen LogP contribution in [0.5, 0.6) is 0 Å². The Hall–Kier alpha value is -1.56. The molecule has 0 radical (unpaired) electrons. The Labute approximate surface area is 165 Å². The number of thioether (sulfide) groups is 1. The van der Waals surface area contributed by atoms with E-state index >= 15 is 0 Å². The van der Waals surface area contributed by atoms with Crippen LogP contribution in [0.4, 0.5) is 4.39 Å². The summed E-state index contributed by atoms with van der Waals surface area (Å²) in [7, 11) is 0. The molecule has 6 heteroatoms. The minimum atomic E-state index is -0.384. The van der Waals surface area contributed by atoms with E-state index < -0.39 is 0 Å². The third kappa shape index (κ3) is 4.65. The van der Waals surface area contributed by atoms with E-state index in [1.807, 2.05) is 21.6 Å². The number of piperidine rings is 1. The highest BCUT2D eigenvalue weighted by Gasteiger charge is 2.46. The van der Waals surface area contributed by atoms with E-state index in [-0.39, 0.29) is 22.5 Å². The lowest BCUT2D eigenvalue weighted by Gasteiger charge is -2.44. The third-order valence-corrected chi connectivity index (χ3v) is 7.19. The van der Waals surface area contributed by atoms with Crippen LogP contribution >= 0.6 is 11.8 Å². The SMILES string of the molecule is CCCCCCC(=O)N1CCC2(CC1)SCCN2C(=O)c1cccc(F)c1. The second-order valence-corrected chi connectivity index (χ2v) is 8.91. The predicted octanol–water partition coefficient (Wildman–Crippen LogP) is 4.30. The largest absolute Gasteiger partial charge is 0.342 e. The molecule has 27 heavy (non-hydrogen) atoms. The summed E-state index contributed by atoms with van der Waals surface area (Å²) in [5.41, 5.74) is 0.409. The number of hydrogen-bond donors (Lipinski definition) is 0. The highest BCUT2D eigenvalue weighted by molar-refractivity contribution is 8.00. The lowest BCUT2D eigenvalue weighted by Crippen LogP contribution is -2.53. The van der Waals surface area contributed by atoms with Crippen LogP contribution < -0.4 is 0 Å². The number of benzene rings is 1. The van der Waals surface area contributed by atoms with Crippen molar-refractivity contribution in [2.75, 3.05) is 25.4 Å². The Bertz CT molecular complexity index is 674. The van der Waals surface area contributed by atoms with Crippen LogP contribution in [0.1, 0.15) is 62.2 Å². The number of unbranched alkanes of at least 4 members (excludes halogenated alkanes) is 3. The number of rotatable bonds is 6. The minimum absolute atomic E-state index is 0.0983. The number of likely N-dealkylation sites (tertiary alicyclic amines) is 1. The molecule has 4 nitrogen and oxygen atoms in total. The molecule has 0 N–H and O–H groups in total. The van der Waals surface area contributed by atoms with Gasteiger partial charge in [-0.25, -0.2) is 4.39 Å². The number of carbonyl (C=O) groups excluding carboxylic acids is 2. The fourth-order valence-electron chi connectivity index (χ4n) is 4.05. The number of nitrogens with zero attached hydrogens (tertiary/aromatic N) is 2. The Kier molecular flexibility index (Phi) is 6.79. The average Bonchev–Trinajstić information content (AvgIpc) is 3.08. The van der Waals surface area contributed by atoms with Crippen molar-refractivity contribution in [1.29, 1.82) is 0 Å². The summed E-state index contributed by atoms with van der Waals surface area (Å²) in [6.07, 6.45) is 6.65. The van der Waals surface area contributed by atoms with Crippen LogP contribution in [0.2, 0.25) is 0 Å². The van der Waals surface area contributed by atoms with Gasteiger partial charge in [0.1, 0.15) is 5.82 Å². The number of halogens is 1. The molecular formula is C21H29FN2O2S. The molecular weight excluding hydrogens is 363 g/mol. The maximum absolute atomic E-state index is 13.5. The van der Waals surface area contributed by atoms with E-state index in [2.05, 4.69) is 6.92 Å². The van der Waals surface area contributed by atoms with Crippen molar-refractivity contribution >= 4 is 23.6 Å². The molecule has 0 unspecified atom stereocenters. The normalized spacial score (nSPS) is 18.9. The monoisotopic (exact) mass is 392 g/mol. The first-order valence-electron chi connectivity index (χ1n) is 10.0. The van der Waals surface area contributed by atoms with Gasteiger partial charge in [0.25, 0.3) is 5.91 Å². The fourth-order valence-corrected chi connectivity index (χ4v) is 5.51. The lowest BCUT2D eigenvalue weighted by molar-refractivity contribution is -0.132. The molecule has 0 saturated carbocycles. The van der Waals surface area contributed by atoms with Gasteiger partial charge in [0, 0.05) is 37.4 Å². The van der Waals surface area contributed by atoms with Gasteiger partial charge in [0.2, 0.25) is 5.91 Å². The summed E-state index contributed by atoms with van der Waals surface area (Å²) in [6, 6.07) is 5.93. The molecule has 2 fully saturated rings. The molecule has 2 aliphatic heterocycles. The fraction of sp³-hybridized carbons (Fsp3) is 0.619. The molecule has 2 saturated heterocycles. The van der Waals surface area contributed by atoms with Crippen molar-refractivity contribution in [3.63, 3.8) is 0 Å². The van der Waals surface area contributed by atoms with Crippen LogP contribution in [-0.4, -0.2) is 51.9 Å². The zero-order chi connectivity index (χ0) is 19.3. The maximum Gasteiger partial charge on any atom is 0.255 e. The first-order chi connectivity index (χ1) is 13.1. The zero-order valence-electron chi connectivity index (χ0n) is 16.1. The van der Waals surface area contributed by atoms with E-state index in [0.29, 0.717) is 31.6 Å². The van der Waals surface area contributed by atoms with Crippen LogP contribution in [0.25, 0.3) is 0 Å². The van der Waals surface area contributed by atoms with Crippen LogP contribution in [-0.2, 0) is 4.79 Å². The zero-order valence-corrected chi connectivity index (χ0v) is 16.9. The van der Waals surface area contributed by atoms with Crippen LogP contribution in [0.15, 0.2) is 24.3 Å². The van der Waals surface area contributed by atoms with Crippen molar-refractivity contribution in [1.82, 2.24) is 9.80 Å². The van der Waals surface area contributed by atoms with Crippen molar-refractivity contribution < 1.29 is 14.0 Å². The van der Waals surface area contributed by atoms with E-state index in [0.717, 1.165) is 31.4 Å². The van der Waals surface area contributed by atoms with Crippen molar-refractivity contribution in [3.8, 4) is 0 Å². The van der Waals surface area contributed by atoms with Gasteiger partial charge in [-0.15, -0.1) is 11.8 Å². The smallest absolute Gasteiger partial charge is 0.255 e.